The van der Waals surface area contributed by atoms with Crippen molar-refractivity contribution in [3.63, 3.8) is 0 Å². The van der Waals surface area contributed by atoms with E-state index in [1.54, 1.807) is 12.1 Å². The lowest BCUT2D eigenvalue weighted by molar-refractivity contribution is -0.124. The molecule has 3 rings (SSSR count). The second kappa shape index (κ2) is 7.18. The fourth-order valence-corrected chi connectivity index (χ4v) is 4.09. The molecule has 8 heteroatoms. The highest BCUT2D eigenvalue weighted by atomic mass is 32.2. The van der Waals surface area contributed by atoms with Crippen LogP contribution in [0.2, 0.25) is 0 Å². The average molecular weight is 352 g/mol. The molecular formula is C16H24N4O3S. The number of hydrogen-bond acceptors (Lipinski definition) is 5. The summed E-state index contributed by atoms with van der Waals surface area (Å²) in [6.45, 7) is 0.360. The average Bonchev–Trinajstić information content (AvgIpc) is 2.81. The number of benzene rings is 1. The van der Waals surface area contributed by atoms with Gasteiger partial charge in [-0.1, -0.05) is 31.4 Å². The molecule has 1 aliphatic heterocycles. The van der Waals surface area contributed by atoms with Crippen molar-refractivity contribution >= 4 is 15.9 Å². The Kier molecular flexibility index (Phi) is 5.19. The van der Waals surface area contributed by atoms with Gasteiger partial charge in [0.1, 0.15) is 6.04 Å². The largest absolute Gasteiger partial charge is 0.351 e. The number of nitrogens with one attached hydrogen (secondary N) is 3. The molecular weight excluding hydrogens is 328 g/mol. The zero-order valence-electron chi connectivity index (χ0n) is 13.5. The first-order chi connectivity index (χ1) is 11.4. The topological polar surface area (TPSA) is 113 Å². The van der Waals surface area contributed by atoms with Crippen LogP contribution in [0.15, 0.2) is 29.2 Å². The van der Waals surface area contributed by atoms with Gasteiger partial charge in [-0.2, -0.15) is 0 Å². The number of rotatable bonds is 4. The highest BCUT2D eigenvalue weighted by Gasteiger charge is 2.39. The summed E-state index contributed by atoms with van der Waals surface area (Å²) in [7, 11) is -3.69. The van der Waals surface area contributed by atoms with Crippen molar-refractivity contribution in [3.8, 4) is 0 Å². The highest BCUT2D eigenvalue weighted by molar-refractivity contribution is 7.89. The summed E-state index contributed by atoms with van der Waals surface area (Å²) in [6, 6.07) is 6.39. The smallest absolute Gasteiger partial charge is 0.239 e. The van der Waals surface area contributed by atoms with Crippen molar-refractivity contribution in [2.75, 3.05) is 0 Å². The van der Waals surface area contributed by atoms with Crippen molar-refractivity contribution in [1.82, 2.24) is 16.2 Å². The minimum absolute atomic E-state index is 0.0209. The molecule has 3 atom stereocenters. The highest BCUT2D eigenvalue weighted by Crippen LogP contribution is 2.29. The van der Waals surface area contributed by atoms with E-state index in [4.69, 9.17) is 5.14 Å². The number of sulfonamides is 1. The first kappa shape index (κ1) is 17.3. The number of hydrazine groups is 1. The number of nitrogens with two attached hydrogens (primary N) is 1. The van der Waals surface area contributed by atoms with E-state index in [1.165, 1.54) is 31.4 Å². The lowest BCUT2D eigenvalue weighted by atomic mass is 9.89. The van der Waals surface area contributed by atoms with Crippen LogP contribution in [-0.2, 0) is 21.4 Å². The monoisotopic (exact) mass is 352 g/mol. The van der Waals surface area contributed by atoms with E-state index in [-0.39, 0.29) is 16.8 Å². The maximum absolute atomic E-state index is 12.5. The molecule has 1 heterocycles. The summed E-state index contributed by atoms with van der Waals surface area (Å²) >= 11 is 0. The Morgan fingerprint density at radius 2 is 1.83 bits per heavy atom. The molecule has 1 saturated heterocycles. The van der Waals surface area contributed by atoms with Crippen molar-refractivity contribution in [2.24, 2.45) is 11.1 Å². The Morgan fingerprint density at radius 3 is 2.54 bits per heavy atom. The van der Waals surface area contributed by atoms with Gasteiger partial charge >= 0.3 is 0 Å². The minimum Gasteiger partial charge on any atom is -0.351 e. The van der Waals surface area contributed by atoms with Crippen LogP contribution in [0, 0.1) is 5.92 Å². The molecule has 7 nitrogen and oxygen atoms in total. The zero-order valence-corrected chi connectivity index (χ0v) is 14.3. The number of hydrogen-bond donors (Lipinski definition) is 4. The van der Waals surface area contributed by atoms with Crippen LogP contribution in [0.3, 0.4) is 0 Å². The molecule has 3 unspecified atom stereocenters. The SMILES string of the molecule is NS(=O)(=O)c1ccc(CNC(=O)C2NNC3CCCCCC32)cc1. The number of carbonyl (C=O) groups excluding carboxylic acids is 1. The first-order valence-corrected chi connectivity index (χ1v) is 9.90. The van der Waals surface area contributed by atoms with Crippen molar-refractivity contribution in [3.05, 3.63) is 29.8 Å². The molecule has 132 valence electrons. The summed E-state index contributed by atoms with van der Waals surface area (Å²) in [6.07, 6.45) is 5.78. The van der Waals surface area contributed by atoms with Gasteiger partial charge in [-0.3, -0.25) is 10.2 Å². The van der Waals surface area contributed by atoms with Crippen LogP contribution in [-0.4, -0.2) is 26.4 Å². The number of fused-ring (bicyclic) bond motifs is 1. The van der Waals surface area contributed by atoms with Crippen LogP contribution < -0.4 is 21.3 Å². The molecule has 0 aromatic heterocycles. The molecule has 0 spiro atoms. The second-order valence-electron chi connectivity index (χ2n) is 6.58. The molecule has 2 aliphatic rings. The minimum atomic E-state index is -3.69. The standard InChI is InChI=1S/C16H24N4O3S/c17-24(22,23)12-8-6-11(7-9-12)10-18-16(21)15-13-4-2-1-3-5-14(13)19-20-15/h6-9,13-15,19-20H,1-5,10H2,(H,18,21)(H2,17,22,23). The first-order valence-electron chi connectivity index (χ1n) is 8.35. The normalized spacial score (nSPS) is 27.3. The van der Waals surface area contributed by atoms with E-state index >= 15 is 0 Å². The Balaban J connectivity index is 1.57. The summed E-state index contributed by atoms with van der Waals surface area (Å²) in [5.41, 5.74) is 7.23. The lowest BCUT2D eigenvalue weighted by Gasteiger charge is -2.20. The second-order valence-corrected chi connectivity index (χ2v) is 8.14. The molecule has 1 aromatic carbocycles. The van der Waals surface area contributed by atoms with E-state index in [2.05, 4.69) is 16.2 Å². The third-order valence-electron chi connectivity index (χ3n) is 4.92. The maximum Gasteiger partial charge on any atom is 0.239 e. The van der Waals surface area contributed by atoms with Gasteiger partial charge in [0, 0.05) is 18.5 Å². The van der Waals surface area contributed by atoms with Crippen LogP contribution in [0.4, 0.5) is 0 Å². The molecule has 0 radical (unpaired) electrons. The number of amides is 1. The predicted molar refractivity (Wildman–Crippen MR) is 90.1 cm³/mol. The Bertz CT molecular complexity index is 690. The molecule has 2 fully saturated rings. The van der Waals surface area contributed by atoms with Gasteiger partial charge in [-0.25, -0.2) is 19.0 Å². The van der Waals surface area contributed by atoms with E-state index in [0.29, 0.717) is 18.5 Å². The van der Waals surface area contributed by atoms with Crippen molar-refractivity contribution < 1.29 is 13.2 Å². The number of primary sulfonamides is 1. The lowest BCUT2D eigenvalue weighted by Crippen LogP contribution is -2.45. The van der Waals surface area contributed by atoms with E-state index in [0.717, 1.165) is 18.4 Å². The molecule has 1 amide bonds. The summed E-state index contributed by atoms with van der Waals surface area (Å²) in [5, 5.41) is 8.00. The molecule has 5 N–H and O–H groups in total. The van der Waals surface area contributed by atoms with Gasteiger partial charge in [-0.05, 0) is 30.5 Å². The van der Waals surface area contributed by atoms with Gasteiger partial charge < -0.3 is 5.32 Å². The molecule has 1 saturated carbocycles. The summed E-state index contributed by atoms with van der Waals surface area (Å²) in [5.74, 6) is 0.310. The van der Waals surface area contributed by atoms with Gasteiger partial charge in [0.2, 0.25) is 15.9 Å². The van der Waals surface area contributed by atoms with E-state index in [1.807, 2.05) is 0 Å². The molecule has 0 bridgehead atoms. The molecule has 24 heavy (non-hydrogen) atoms. The van der Waals surface area contributed by atoms with Crippen LogP contribution >= 0.6 is 0 Å². The predicted octanol–water partition coefficient (Wildman–Crippen LogP) is 0.375. The Labute approximate surface area is 142 Å². The Hall–Kier alpha value is -1.48. The molecule has 1 aromatic rings. The van der Waals surface area contributed by atoms with Crippen molar-refractivity contribution in [1.29, 1.82) is 0 Å². The van der Waals surface area contributed by atoms with Crippen LogP contribution in [0.5, 0.6) is 0 Å². The molecule has 1 aliphatic carbocycles. The third kappa shape index (κ3) is 3.94. The Morgan fingerprint density at radius 1 is 1.12 bits per heavy atom. The zero-order chi connectivity index (χ0) is 17.2. The fraction of sp³-hybridized carbons (Fsp3) is 0.562. The third-order valence-corrected chi connectivity index (χ3v) is 5.85. The van der Waals surface area contributed by atoms with Crippen LogP contribution in [0.25, 0.3) is 0 Å². The van der Waals surface area contributed by atoms with Crippen LogP contribution in [0.1, 0.15) is 37.7 Å². The fourth-order valence-electron chi connectivity index (χ4n) is 3.57. The quantitative estimate of drug-likeness (QED) is 0.625. The van der Waals surface area contributed by atoms with E-state index < -0.39 is 10.0 Å². The van der Waals surface area contributed by atoms with Gasteiger partial charge in [-0.15, -0.1) is 0 Å². The van der Waals surface area contributed by atoms with Gasteiger partial charge in [0.05, 0.1) is 4.90 Å². The van der Waals surface area contributed by atoms with Gasteiger partial charge in [0.15, 0.2) is 0 Å². The van der Waals surface area contributed by atoms with Crippen molar-refractivity contribution in [2.45, 2.75) is 55.6 Å². The summed E-state index contributed by atoms with van der Waals surface area (Å²) in [4.78, 5) is 12.6. The number of carbonyl (C=O) groups is 1. The van der Waals surface area contributed by atoms with E-state index in [9.17, 15) is 13.2 Å². The summed E-state index contributed by atoms with van der Waals surface area (Å²) < 4.78 is 22.5. The maximum atomic E-state index is 12.5. The van der Waals surface area contributed by atoms with Gasteiger partial charge in [0.25, 0.3) is 0 Å².